The van der Waals surface area contributed by atoms with Crippen molar-refractivity contribution < 1.29 is 23.0 Å². The third-order valence-electron chi connectivity index (χ3n) is 5.72. The van der Waals surface area contributed by atoms with Crippen LogP contribution in [0, 0.1) is 11.6 Å². The van der Waals surface area contributed by atoms with E-state index in [1.54, 1.807) is 11.5 Å². The Morgan fingerprint density at radius 1 is 0.938 bits per heavy atom. The van der Waals surface area contributed by atoms with Crippen molar-refractivity contribution in [1.82, 2.24) is 4.57 Å². The molecule has 0 bridgehead atoms. The topological polar surface area (TPSA) is 57.5 Å². The van der Waals surface area contributed by atoms with Gasteiger partial charge in [-0.25, -0.2) is 9.18 Å². The lowest BCUT2D eigenvalue weighted by Gasteiger charge is -2.23. The quantitative estimate of drug-likeness (QED) is 0.374. The number of hydrogen-bond acceptors (Lipinski definition) is 4. The molecule has 0 N–H and O–H groups in total. The van der Waals surface area contributed by atoms with Crippen LogP contribution >= 0.6 is 0 Å². The van der Waals surface area contributed by atoms with Crippen LogP contribution in [0.1, 0.15) is 87.8 Å². The van der Waals surface area contributed by atoms with E-state index in [1.807, 2.05) is 20.8 Å². The van der Waals surface area contributed by atoms with Crippen LogP contribution in [0.25, 0.3) is 10.9 Å². The number of hydrogen-bond donors (Lipinski definition) is 0. The number of pyridine rings is 1. The molecule has 0 unspecified atom stereocenters. The van der Waals surface area contributed by atoms with E-state index < -0.39 is 23.0 Å². The fraction of sp³-hybridized carbons (Fsp3) is 0.600. The molecule has 0 saturated heterocycles. The van der Waals surface area contributed by atoms with E-state index in [0.717, 1.165) is 32.1 Å². The molecule has 1 aromatic heterocycles. The van der Waals surface area contributed by atoms with Gasteiger partial charge in [-0.15, -0.1) is 0 Å². The maximum atomic E-state index is 15.1. The van der Waals surface area contributed by atoms with Gasteiger partial charge in [0, 0.05) is 17.8 Å². The van der Waals surface area contributed by atoms with E-state index in [2.05, 4.69) is 0 Å². The number of halogens is 2. The summed E-state index contributed by atoms with van der Waals surface area (Å²) in [6.07, 6.45) is 5.15. The summed E-state index contributed by atoms with van der Waals surface area (Å²) in [5.41, 5.74) is 0.0513. The fourth-order valence-electron chi connectivity index (χ4n) is 4.09. The summed E-state index contributed by atoms with van der Waals surface area (Å²) in [5.74, 6) is -3.20. The summed E-state index contributed by atoms with van der Waals surface area (Å²) < 4.78 is 42.5. The molecular formula is C25H35F2NO4. The van der Waals surface area contributed by atoms with Crippen LogP contribution in [0.15, 0.2) is 4.79 Å². The van der Waals surface area contributed by atoms with Gasteiger partial charge in [-0.05, 0) is 39.0 Å². The summed E-state index contributed by atoms with van der Waals surface area (Å²) in [7, 11) is 1.27. The molecule has 0 aliphatic rings. The average Bonchev–Trinajstić information content (AvgIpc) is 2.78. The second kappa shape index (κ2) is 12.0. The van der Waals surface area contributed by atoms with Gasteiger partial charge >= 0.3 is 5.97 Å². The molecule has 0 aliphatic heterocycles. The first-order valence-electron chi connectivity index (χ1n) is 11.7. The van der Waals surface area contributed by atoms with Crippen LogP contribution in [0.3, 0.4) is 0 Å². The molecule has 1 heterocycles. The summed E-state index contributed by atoms with van der Waals surface area (Å²) >= 11 is 0. The van der Waals surface area contributed by atoms with E-state index >= 15 is 8.78 Å². The molecule has 2 aromatic rings. The Morgan fingerprint density at radius 2 is 1.56 bits per heavy atom. The highest BCUT2D eigenvalue weighted by Gasteiger charge is 2.30. The molecule has 0 fully saturated rings. The Morgan fingerprint density at radius 3 is 2.12 bits per heavy atom. The number of fused-ring (bicyclic) bond motifs is 1. The lowest BCUT2D eigenvalue weighted by molar-refractivity contribution is 0.0522. The van der Waals surface area contributed by atoms with Crippen LogP contribution < -0.4 is 10.2 Å². The van der Waals surface area contributed by atoms with E-state index in [9.17, 15) is 9.59 Å². The number of unbranched alkanes of at least 4 members (excludes halogenated alkanes) is 3. The predicted molar refractivity (Wildman–Crippen MR) is 123 cm³/mol. The number of rotatable bonds is 12. The number of esters is 1. The first-order valence-corrected chi connectivity index (χ1v) is 11.7. The molecule has 32 heavy (non-hydrogen) atoms. The van der Waals surface area contributed by atoms with E-state index in [-0.39, 0.29) is 40.8 Å². The third-order valence-corrected chi connectivity index (χ3v) is 5.72. The molecule has 5 nitrogen and oxygen atoms in total. The van der Waals surface area contributed by atoms with Crippen molar-refractivity contribution in [1.29, 1.82) is 0 Å². The van der Waals surface area contributed by atoms with Crippen molar-refractivity contribution in [3.63, 3.8) is 0 Å². The van der Waals surface area contributed by atoms with Gasteiger partial charge in [0.25, 0.3) is 0 Å². The van der Waals surface area contributed by atoms with Gasteiger partial charge in [0.15, 0.2) is 11.6 Å². The minimum Gasteiger partial charge on any atom is -0.491 e. The smallest absolute Gasteiger partial charge is 0.343 e. The van der Waals surface area contributed by atoms with Crippen LogP contribution in [-0.4, -0.2) is 24.3 Å². The zero-order chi connectivity index (χ0) is 23.8. The monoisotopic (exact) mass is 451 g/mol. The number of carbonyl (C=O) groups is 1. The van der Waals surface area contributed by atoms with Crippen LogP contribution in [0.4, 0.5) is 8.78 Å². The summed E-state index contributed by atoms with van der Waals surface area (Å²) in [6.45, 7) is 8.21. The molecule has 0 radical (unpaired) electrons. The molecule has 178 valence electrons. The van der Waals surface area contributed by atoms with Gasteiger partial charge in [-0.2, -0.15) is 4.39 Å². The van der Waals surface area contributed by atoms with Gasteiger partial charge in [-0.1, -0.05) is 40.0 Å². The van der Waals surface area contributed by atoms with Gasteiger partial charge in [0.05, 0.1) is 24.6 Å². The first kappa shape index (κ1) is 25.8. The molecule has 7 heteroatoms. The Bertz CT molecular complexity index is 1010. The summed E-state index contributed by atoms with van der Waals surface area (Å²) in [4.78, 5) is 26.6. The fourth-order valence-corrected chi connectivity index (χ4v) is 4.09. The molecule has 0 spiro atoms. The Balaban J connectivity index is 3.14. The molecular weight excluding hydrogens is 416 g/mol. The highest BCUT2D eigenvalue weighted by Crippen LogP contribution is 2.35. The van der Waals surface area contributed by atoms with Crippen LogP contribution in [-0.2, 0) is 24.1 Å². The Hall–Kier alpha value is -2.44. The largest absolute Gasteiger partial charge is 0.491 e. The number of benzene rings is 1. The van der Waals surface area contributed by atoms with Crippen molar-refractivity contribution >= 4 is 16.9 Å². The van der Waals surface area contributed by atoms with Crippen molar-refractivity contribution in [3.8, 4) is 5.75 Å². The van der Waals surface area contributed by atoms with Crippen LogP contribution in [0.2, 0.25) is 0 Å². The van der Waals surface area contributed by atoms with Crippen molar-refractivity contribution in [2.75, 3.05) is 13.7 Å². The number of methoxy groups -OCH3 is 1. The Kier molecular flexibility index (Phi) is 9.66. The summed E-state index contributed by atoms with van der Waals surface area (Å²) in [6, 6.07) is 0. The normalized spacial score (nSPS) is 11.2. The number of ether oxygens (including phenoxy) is 2. The van der Waals surface area contributed by atoms with Crippen LogP contribution in [0.5, 0.6) is 5.75 Å². The SMILES string of the molecule is CCCCc1c(F)c(F)c(OC)c2c1c(=O)c(C(=O)OCC)c(CCCC)n2CCCC. The number of carbonyl (C=O) groups excluding carboxylic acids is 1. The van der Waals surface area contributed by atoms with E-state index in [1.165, 1.54) is 7.11 Å². The average molecular weight is 452 g/mol. The highest BCUT2D eigenvalue weighted by molar-refractivity contribution is 5.98. The minimum absolute atomic E-state index is 0.00277. The van der Waals surface area contributed by atoms with E-state index in [0.29, 0.717) is 25.1 Å². The number of nitrogens with zero attached hydrogens (tertiary/aromatic N) is 1. The number of aryl methyl sites for hydroxylation is 2. The second-order valence-electron chi connectivity index (χ2n) is 7.95. The highest BCUT2D eigenvalue weighted by atomic mass is 19.2. The summed E-state index contributed by atoms with van der Waals surface area (Å²) in [5, 5.41) is 0.0219. The standard InChI is InChI=1S/C25H35F2NO4/c1-6-10-13-16-18-22(24(31-5)21(27)20(16)26)28(15-12-8-3)17(14-11-7-2)19(23(18)29)25(30)32-9-4/h6-15H2,1-5H3. The molecule has 0 saturated carbocycles. The zero-order valence-corrected chi connectivity index (χ0v) is 19.9. The predicted octanol–water partition coefficient (Wildman–Crippen LogP) is 5.95. The molecule has 0 atom stereocenters. The third kappa shape index (κ3) is 4.97. The lowest BCUT2D eigenvalue weighted by Crippen LogP contribution is -2.28. The molecule has 1 aromatic carbocycles. The van der Waals surface area contributed by atoms with Crippen molar-refractivity contribution in [2.45, 2.75) is 85.6 Å². The Labute approximate surface area is 188 Å². The van der Waals surface area contributed by atoms with Gasteiger partial charge in [-0.3, -0.25) is 4.79 Å². The van der Waals surface area contributed by atoms with Gasteiger partial charge < -0.3 is 14.0 Å². The van der Waals surface area contributed by atoms with Gasteiger partial charge in [0.1, 0.15) is 5.56 Å². The maximum absolute atomic E-state index is 15.1. The second-order valence-corrected chi connectivity index (χ2v) is 7.95. The number of aromatic nitrogens is 1. The maximum Gasteiger partial charge on any atom is 0.343 e. The molecule has 0 aliphatic carbocycles. The minimum atomic E-state index is -1.10. The lowest BCUT2D eigenvalue weighted by atomic mass is 9.96. The van der Waals surface area contributed by atoms with Gasteiger partial charge in [0.2, 0.25) is 11.2 Å². The van der Waals surface area contributed by atoms with E-state index in [4.69, 9.17) is 9.47 Å². The zero-order valence-electron chi connectivity index (χ0n) is 19.9. The first-order chi connectivity index (χ1) is 15.4. The molecule has 2 rings (SSSR count). The van der Waals surface area contributed by atoms with Crippen molar-refractivity contribution in [3.05, 3.63) is 38.7 Å². The van der Waals surface area contributed by atoms with Crippen molar-refractivity contribution in [2.24, 2.45) is 0 Å². The molecule has 0 amide bonds.